The van der Waals surface area contributed by atoms with Crippen LogP contribution in [0.3, 0.4) is 0 Å². The van der Waals surface area contributed by atoms with E-state index in [0.717, 1.165) is 24.0 Å². The van der Waals surface area contributed by atoms with Crippen LogP contribution in [-0.4, -0.2) is 46.0 Å². The van der Waals surface area contributed by atoms with E-state index in [9.17, 15) is 4.79 Å². The van der Waals surface area contributed by atoms with Gasteiger partial charge in [0.2, 0.25) is 0 Å². The van der Waals surface area contributed by atoms with Crippen molar-refractivity contribution in [1.29, 1.82) is 0 Å². The lowest BCUT2D eigenvalue weighted by atomic mass is 10.1. The summed E-state index contributed by atoms with van der Waals surface area (Å²) in [6.07, 6.45) is 10.1. The van der Waals surface area contributed by atoms with Crippen molar-refractivity contribution in [2.45, 2.75) is 25.4 Å². The summed E-state index contributed by atoms with van der Waals surface area (Å²) >= 11 is 0. The number of rotatable bonds is 4. The Morgan fingerprint density at radius 2 is 2.00 bits per heavy atom. The number of aromatic nitrogens is 6. The van der Waals surface area contributed by atoms with Gasteiger partial charge in [0.05, 0.1) is 53.1 Å². The lowest BCUT2D eigenvalue weighted by molar-refractivity contribution is 0.0723. The van der Waals surface area contributed by atoms with E-state index >= 15 is 4.39 Å². The SMILES string of the molecule is Cn1cc(C#Cc2ccc(CN(C(=O)c3cc4c(cc3F)nc(N)c3cncn34)C3CC3)nc2)cn1. The molecule has 4 aromatic heterocycles. The van der Waals surface area contributed by atoms with Crippen LogP contribution in [0.5, 0.6) is 0 Å². The number of carbonyl (C=O) groups excluding carboxylic acids is 1. The molecular formula is C26H21FN8O. The molecule has 178 valence electrons. The van der Waals surface area contributed by atoms with Gasteiger partial charge in [-0.05, 0) is 31.0 Å². The summed E-state index contributed by atoms with van der Waals surface area (Å²) < 4.78 is 18.5. The zero-order chi connectivity index (χ0) is 24.8. The molecule has 0 unspecified atom stereocenters. The van der Waals surface area contributed by atoms with E-state index in [1.54, 1.807) is 38.9 Å². The van der Waals surface area contributed by atoms with E-state index < -0.39 is 5.82 Å². The summed E-state index contributed by atoms with van der Waals surface area (Å²) in [6, 6.07) is 6.53. The molecule has 0 atom stereocenters. The fourth-order valence-electron chi connectivity index (χ4n) is 4.17. The highest BCUT2D eigenvalue weighted by atomic mass is 19.1. The summed E-state index contributed by atoms with van der Waals surface area (Å²) in [5, 5.41) is 4.10. The number of aryl methyl sites for hydroxylation is 1. The number of nitrogens with zero attached hydrogens (tertiary/aromatic N) is 7. The zero-order valence-electron chi connectivity index (χ0n) is 19.4. The first-order valence-electron chi connectivity index (χ1n) is 11.4. The number of imidazole rings is 1. The number of pyridine rings is 1. The van der Waals surface area contributed by atoms with Gasteiger partial charge in [-0.3, -0.25) is 18.9 Å². The molecule has 0 spiro atoms. The molecule has 1 fully saturated rings. The van der Waals surface area contributed by atoms with Crippen LogP contribution in [0, 0.1) is 17.7 Å². The summed E-state index contributed by atoms with van der Waals surface area (Å²) in [7, 11) is 1.84. The lowest BCUT2D eigenvalue weighted by Gasteiger charge is -2.22. The van der Waals surface area contributed by atoms with E-state index in [4.69, 9.17) is 5.73 Å². The molecule has 1 aromatic carbocycles. The minimum absolute atomic E-state index is 0.0186. The quantitative estimate of drug-likeness (QED) is 0.397. The largest absolute Gasteiger partial charge is 0.382 e. The predicted molar refractivity (Wildman–Crippen MR) is 131 cm³/mol. The summed E-state index contributed by atoms with van der Waals surface area (Å²) in [6.45, 7) is 0.276. The molecule has 1 aliphatic rings. The number of anilines is 1. The Morgan fingerprint density at radius 1 is 1.17 bits per heavy atom. The Hall–Kier alpha value is -4.78. The van der Waals surface area contributed by atoms with Crippen LogP contribution >= 0.6 is 0 Å². The Labute approximate surface area is 205 Å². The number of carbonyl (C=O) groups is 1. The molecular weight excluding hydrogens is 459 g/mol. The maximum Gasteiger partial charge on any atom is 0.257 e. The first kappa shape index (κ1) is 21.7. The highest BCUT2D eigenvalue weighted by Gasteiger charge is 2.34. The lowest BCUT2D eigenvalue weighted by Crippen LogP contribution is -2.33. The first-order chi connectivity index (χ1) is 17.5. The molecule has 4 heterocycles. The molecule has 0 bridgehead atoms. The minimum atomic E-state index is -0.640. The third kappa shape index (κ3) is 4.01. The van der Waals surface area contributed by atoms with Crippen molar-refractivity contribution in [3.63, 3.8) is 0 Å². The van der Waals surface area contributed by atoms with Crippen LogP contribution in [0.4, 0.5) is 10.2 Å². The number of halogens is 1. The molecule has 0 aliphatic heterocycles. The monoisotopic (exact) mass is 480 g/mol. The second-order valence-corrected chi connectivity index (χ2v) is 8.82. The van der Waals surface area contributed by atoms with Gasteiger partial charge in [-0.15, -0.1) is 0 Å². The van der Waals surface area contributed by atoms with Gasteiger partial charge in [0.25, 0.3) is 5.91 Å². The Morgan fingerprint density at radius 3 is 2.72 bits per heavy atom. The van der Waals surface area contributed by atoms with Crippen molar-refractivity contribution in [2.75, 3.05) is 5.73 Å². The van der Waals surface area contributed by atoms with Crippen molar-refractivity contribution in [1.82, 2.24) is 34.0 Å². The van der Waals surface area contributed by atoms with Gasteiger partial charge in [0.1, 0.15) is 17.2 Å². The third-order valence-corrected chi connectivity index (χ3v) is 6.16. The minimum Gasteiger partial charge on any atom is -0.382 e. The summed E-state index contributed by atoms with van der Waals surface area (Å²) in [4.78, 5) is 28.1. The highest BCUT2D eigenvalue weighted by Crippen LogP contribution is 2.31. The van der Waals surface area contributed by atoms with E-state index in [2.05, 4.69) is 31.9 Å². The molecule has 5 aromatic rings. The van der Waals surface area contributed by atoms with Crippen LogP contribution < -0.4 is 5.73 Å². The molecule has 10 heteroatoms. The number of fused-ring (bicyclic) bond motifs is 3. The van der Waals surface area contributed by atoms with Crippen LogP contribution in [0.1, 0.15) is 40.0 Å². The number of hydrogen-bond donors (Lipinski definition) is 1. The Kier molecular flexibility index (Phi) is 5.11. The van der Waals surface area contributed by atoms with Crippen molar-refractivity contribution in [3.05, 3.63) is 83.6 Å². The van der Waals surface area contributed by atoms with Gasteiger partial charge in [-0.1, -0.05) is 11.8 Å². The molecule has 0 radical (unpaired) electrons. The van der Waals surface area contributed by atoms with E-state index in [1.165, 1.54) is 12.1 Å². The van der Waals surface area contributed by atoms with Gasteiger partial charge < -0.3 is 10.6 Å². The van der Waals surface area contributed by atoms with Crippen LogP contribution in [-0.2, 0) is 13.6 Å². The maximum absolute atomic E-state index is 15.1. The van der Waals surface area contributed by atoms with E-state index in [1.807, 2.05) is 25.4 Å². The average molecular weight is 481 g/mol. The number of amides is 1. The molecule has 2 N–H and O–H groups in total. The predicted octanol–water partition coefficient (Wildman–Crippen LogP) is 2.94. The fourth-order valence-corrected chi connectivity index (χ4v) is 4.17. The number of hydrogen-bond acceptors (Lipinski definition) is 6. The van der Waals surface area contributed by atoms with Gasteiger partial charge in [0, 0.05) is 37.1 Å². The van der Waals surface area contributed by atoms with Crippen LogP contribution in [0.15, 0.2) is 55.4 Å². The average Bonchev–Trinajstić information content (AvgIpc) is 3.42. The topological polar surface area (TPSA) is 107 Å². The maximum atomic E-state index is 15.1. The molecule has 1 amide bonds. The van der Waals surface area contributed by atoms with Crippen molar-refractivity contribution >= 4 is 28.3 Å². The number of benzene rings is 1. The fraction of sp³-hybridized carbons (Fsp3) is 0.192. The van der Waals surface area contributed by atoms with E-state index in [0.29, 0.717) is 22.2 Å². The van der Waals surface area contributed by atoms with Crippen LogP contribution in [0.2, 0.25) is 0 Å². The van der Waals surface area contributed by atoms with Crippen molar-refractivity contribution in [3.8, 4) is 11.8 Å². The number of nitrogens with two attached hydrogens (primary N) is 1. The normalized spacial score (nSPS) is 13.1. The van der Waals surface area contributed by atoms with Crippen molar-refractivity contribution in [2.24, 2.45) is 7.05 Å². The molecule has 6 rings (SSSR count). The summed E-state index contributed by atoms with van der Waals surface area (Å²) in [5.41, 5.74) is 9.74. The number of nitrogen functional groups attached to an aromatic ring is 1. The molecule has 0 saturated heterocycles. The summed E-state index contributed by atoms with van der Waals surface area (Å²) in [5.74, 6) is 5.33. The second-order valence-electron chi connectivity index (χ2n) is 8.82. The first-order valence-corrected chi connectivity index (χ1v) is 11.4. The highest BCUT2D eigenvalue weighted by molar-refractivity contribution is 5.98. The molecule has 1 saturated carbocycles. The second kappa shape index (κ2) is 8.46. The Bertz CT molecular complexity index is 1690. The Balaban J connectivity index is 1.28. The van der Waals surface area contributed by atoms with Gasteiger partial charge >= 0.3 is 0 Å². The standard InChI is InChI=1S/C26H21FN8O/c1-33-13-17(11-31-33)3-2-16-4-5-18(30-10-16)14-34(19-6-7-19)26(36)20-8-23-22(9-21(20)27)32-25(28)24-12-29-15-35(23)24/h4-5,8-13,15,19H,6-7,14H2,1H3,(H2,28,32). The van der Waals surface area contributed by atoms with Gasteiger partial charge in [-0.25, -0.2) is 14.4 Å². The van der Waals surface area contributed by atoms with Gasteiger partial charge in [-0.2, -0.15) is 5.10 Å². The molecule has 36 heavy (non-hydrogen) atoms. The van der Waals surface area contributed by atoms with Crippen LogP contribution in [0.25, 0.3) is 16.6 Å². The third-order valence-electron chi connectivity index (χ3n) is 6.16. The van der Waals surface area contributed by atoms with E-state index in [-0.39, 0.29) is 29.9 Å². The van der Waals surface area contributed by atoms with Crippen molar-refractivity contribution < 1.29 is 9.18 Å². The zero-order valence-corrected chi connectivity index (χ0v) is 19.4. The van der Waals surface area contributed by atoms with Gasteiger partial charge in [0.15, 0.2) is 0 Å². The molecule has 1 aliphatic carbocycles. The molecule has 9 nitrogen and oxygen atoms in total. The smallest absolute Gasteiger partial charge is 0.257 e.